The van der Waals surface area contributed by atoms with E-state index in [1.54, 1.807) is 33.1 Å². The van der Waals surface area contributed by atoms with E-state index in [-0.39, 0.29) is 36.4 Å². The van der Waals surface area contributed by atoms with E-state index >= 15 is 0 Å². The second-order valence-corrected chi connectivity index (χ2v) is 14.9. The lowest BCUT2D eigenvalue weighted by Crippen LogP contribution is -2.62. The number of aliphatic hydroxyl groups is 1. The number of aliphatic hydroxyl groups excluding tert-OH is 1. The van der Waals surface area contributed by atoms with E-state index in [9.17, 15) is 19.5 Å². The molecule has 3 aliphatic carbocycles. The Morgan fingerprint density at radius 2 is 1.81 bits per heavy atom. The first kappa shape index (κ1) is 35.6. The Morgan fingerprint density at radius 1 is 1.08 bits per heavy atom. The minimum Gasteiger partial charge on any atom is -0.446 e. The Morgan fingerprint density at radius 3 is 2.42 bits per heavy atom. The largest absolute Gasteiger partial charge is 0.446 e. The van der Waals surface area contributed by atoms with E-state index in [0.717, 1.165) is 28.8 Å². The summed E-state index contributed by atoms with van der Waals surface area (Å²) in [5, 5.41) is 18.2. The van der Waals surface area contributed by atoms with Gasteiger partial charge in [-0.15, -0.1) is 0 Å². The number of hydroxylamine groups is 2. The van der Waals surface area contributed by atoms with E-state index in [1.807, 2.05) is 61.5 Å². The molecule has 262 valence electrons. The molecule has 8 atom stereocenters. The molecule has 2 aromatic carbocycles. The van der Waals surface area contributed by atoms with Crippen LogP contribution in [0.1, 0.15) is 56.5 Å². The third-order valence-electron chi connectivity index (χ3n) is 11.2. The number of carbonyl (C=O) groups is 3. The number of rotatable bonds is 10. The lowest BCUT2D eigenvalue weighted by molar-refractivity contribution is -0.183. The predicted molar refractivity (Wildman–Crippen MR) is 185 cm³/mol. The van der Waals surface area contributed by atoms with Gasteiger partial charge in [-0.1, -0.05) is 39.0 Å². The van der Waals surface area contributed by atoms with Crippen LogP contribution in [0, 0.1) is 29.1 Å². The van der Waals surface area contributed by atoms with Crippen LogP contribution >= 0.6 is 0 Å². The number of ether oxygens (including phenoxy) is 1. The minimum atomic E-state index is -0.814. The molecule has 3 amide bonds. The molecule has 1 saturated heterocycles. The fraction of sp³-hybridized carbons (Fsp3) is 0.595. The first-order valence-electron chi connectivity index (χ1n) is 17.0. The number of nitrogens with one attached hydrogen (secondary N) is 2. The molecule has 4 fully saturated rings. The number of hydrogen-bond donors (Lipinski definition) is 3. The van der Waals surface area contributed by atoms with Crippen LogP contribution in [0.15, 0.2) is 42.5 Å². The molecule has 0 radical (unpaired) electrons. The lowest BCUT2D eigenvalue weighted by Gasteiger charge is -2.62. The lowest BCUT2D eigenvalue weighted by atomic mass is 9.45. The quantitative estimate of drug-likeness (QED) is 0.347. The summed E-state index contributed by atoms with van der Waals surface area (Å²) in [5.41, 5.74) is 4.39. The average Bonchev–Trinajstić information content (AvgIpc) is 3.43. The number of anilines is 1. The maximum Gasteiger partial charge on any atom is 0.409 e. The number of fused-ring (bicyclic) bond motifs is 2. The number of benzene rings is 2. The first-order chi connectivity index (χ1) is 22.7. The Balaban J connectivity index is 1.44. The van der Waals surface area contributed by atoms with Crippen molar-refractivity contribution in [1.82, 2.24) is 20.6 Å². The van der Waals surface area contributed by atoms with Gasteiger partial charge in [-0.25, -0.2) is 4.79 Å². The number of amides is 3. The molecule has 11 heteroatoms. The molecule has 0 aromatic heterocycles. The van der Waals surface area contributed by atoms with E-state index in [0.29, 0.717) is 23.3 Å². The van der Waals surface area contributed by atoms with Gasteiger partial charge in [0.15, 0.2) is 0 Å². The highest BCUT2D eigenvalue weighted by molar-refractivity contribution is 5.96. The molecule has 0 unspecified atom stereocenters. The van der Waals surface area contributed by atoms with Crippen LogP contribution in [-0.2, 0) is 20.9 Å². The molecule has 1 aliphatic heterocycles. The van der Waals surface area contributed by atoms with Crippen LogP contribution in [0.2, 0.25) is 0 Å². The Kier molecular flexibility index (Phi) is 10.4. The van der Waals surface area contributed by atoms with Crippen LogP contribution in [0.3, 0.4) is 0 Å². The molecular weight excluding hydrogens is 610 g/mol. The summed E-state index contributed by atoms with van der Waals surface area (Å²) < 4.78 is 5.77. The van der Waals surface area contributed by atoms with Crippen LogP contribution < -0.4 is 15.5 Å². The number of nitrogens with zero attached hydrogens (tertiary/aromatic N) is 3. The summed E-state index contributed by atoms with van der Waals surface area (Å²) in [7, 11) is 8.69. The predicted octanol–water partition coefficient (Wildman–Crippen LogP) is 4.15. The molecule has 48 heavy (non-hydrogen) atoms. The fourth-order valence-corrected chi connectivity index (χ4v) is 8.15. The molecule has 6 rings (SSSR count). The smallest absolute Gasteiger partial charge is 0.409 e. The zero-order valence-corrected chi connectivity index (χ0v) is 29.8. The zero-order valence-electron chi connectivity index (χ0n) is 29.8. The summed E-state index contributed by atoms with van der Waals surface area (Å²) in [4.78, 5) is 49.2. The second-order valence-electron chi connectivity index (χ2n) is 14.9. The van der Waals surface area contributed by atoms with Gasteiger partial charge in [0.1, 0.15) is 18.2 Å². The van der Waals surface area contributed by atoms with E-state index in [2.05, 4.69) is 31.4 Å². The summed E-state index contributed by atoms with van der Waals surface area (Å²) in [6, 6.07) is 12.9. The maximum atomic E-state index is 14.4. The van der Waals surface area contributed by atoms with Crippen LogP contribution in [0.5, 0.6) is 0 Å². The molecule has 3 saturated carbocycles. The van der Waals surface area contributed by atoms with Crippen molar-refractivity contribution >= 4 is 23.6 Å². The standard InChI is InChI=1S/C37H53N5O6/c1-21-29-17-27(37(29,3)4)18-30(21)39-35(45)33-32(22(2)47-36(46)41(8)9)31(20-43)48-42(33)19-23-11-10-12-24(13-23)25-14-26(34(44)38-5)16-28(15-25)40(6)7/h10-16,21-22,27,29-33,43H,17-20H2,1-9H3,(H,38,44)(H,39,45)/t21-,22-,27+,29-,30-,31-,32+,33-/m0/s1. The van der Waals surface area contributed by atoms with Gasteiger partial charge in [-0.3, -0.25) is 14.4 Å². The van der Waals surface area contributed by atoms with Gasteiger partial charge in [-0.2, -0.15) is 5.06 Å². The monoisotopic (exact) mass is 663 g/mol. The van der Waals surface area contributed by atoms with Crippen molar-refractivity contribution in [3.8, 4) is 11.1 Å². The molecule has 4 aliphatic rings. The third-order valence-corrected chi connectivity index (χ3v) is 11.2. The minimum absolute atomic E-state index is 0.0337. The number of carbonyl (C=O) groups excluding carboxylic acids is 3. The molecule has 11 nitrogen and oxygen atoms in total. The molecule has 3 N–H and O–H groups in total. The maximum absolute atomic E-state index is 14.4. The normalized spacial score (nSPS) is 28.2. The van der Waals surface area contributed by atoms with Gasteiger partial charge >= 0.3 is 6.09 Å². The number of hydrogen-bond acceptors (Lipinski definition) is 8. The topological polar surface area (TPSA) is 124 Å². The van der Waals surface area contributed by atoms with Crippen molar-refractivity contribution in [1.29, 1.82) is 0 Å². The van der Waals surface area contributed by atoms with Gasteiger partial charge in [0.25, 0.3) is 5.91 Å². The van der Waals surface area contributed by atoms with Gasteiger partial charge in [0.2, 0.25) is 5.91 Å². The van der Waals surface area contributed by atoms with Crippen LogP contribution in [0.4, 0.5) is 10.5 Å². The molecule has 2 aromatic rings. The van der Waals surface area contributed by atoms with Crippen LogP contribution in [-0.4, -0.2) is 99.1 Å². The van der Waals surface area contributed by atoms with Crippen molar-refractivity contribution in [2.45, 2.75) is 71.4 Å². The Labute approximate surface area is 284 Å². The molecule has 0 spiro atoms. The van der Waals surface area contributed by atoms with E-state index < -0.39 is 30.3 Å². The fourth-order valence-electron chi connectivity index (χ4n) is 8.15. The zero-order chi connectivity index (χ0) is 35.1. The highest BCUT2D eigenvalue weighted by atomic mass is 16.7. The third kappa shape index (κ3) is 6.91. The highest BCUT2D eigenvalue weighted by Crippen LogP contribution is 2.61. The summed E-state index contributed by atoms with van der Waals surface area (Å²) >= 11 is 0. The van der Waals surface area contributed by atoms with Crippen molar-refractivity contribution in [3.05, 3.63) is 53.6 Å². The molecule has 2 bridgehead atoms. The first-order valence-corrected chi connectivity index (χ1v) is 17.0. The molecular formula is C37H53N5O6. The second kappa shape index (κ2) is 14.1. The van der Waals surface area contributed by atoms with Gasteiger partial charge in [0.05, 0.1) is 19.1 Å². The molecule has 1 heterocycles. The van der Waals surface area contributed by atoms with Crippen molar-refractivity contribution in [2.24, 2.45) is 29.1 Å². The Hall–Kier alpha value is -3.67. The highest BCUT2D eigenvalue weighted by Gasteiger charge is 2.57. The van der Waals surface area contributed by atoms with Gasteiger partial charge in [-0.05, 0) is 83.9 Å². The summed E-state index contributed by atoms with van der Waals surface area (Å²) in [5.74, 6) is 0.474. The SMILES string of the molecule is CNC(=O)c1cc(-c2cccc(CN3O[C@@H](CO)[C@@H]([C@H](C)OC(=O)N(C)C)[C@H]3C(=O)N[C@H]3C[C@H]4C[C@@H]([C@@H]3C)C4(C)C)c2)cc(N(C)C)c1. The summed E-state index contributed by atoms with van der Waals surface area (Å²) in [6.07, 6.45) is 0.137. The van der Waals surface area contributed by atoms with Gasteiger partial charge in [0, 0.05) is 52.5 Å². The van der Waals surface area contributed by atoms with Crippen molar-refractivity contribution < 1.29 is 29.1 Å². The average molecular weight is 664 g/mol. The van der Waals surface area contributed by atoms with Crippen LogP contribution in [0.25, 0.3) is 11.1 Å². The van der Waals surface area contributed by atoms with Crippen molar-refractivity contribution in [2.75, 3.05) is 46.7 Å². The van der Waals surface area contributed by atoms with E-state index in [1.165, 1.54) is 11.3 Å². The van der Waals surface area contributed by atoms with Crippen molar-refractivity contribution in [3.63, 3.8) is 0 Å². The summed E-state index contributed by atoms with van der Waals surface area (Å²) in [6.45, 7) is 8.57. The Bertz CT molecular complexity index is 1510. The van der Waals surface area contributed by atoms with E-state index in [4.69, 9.17) is 9.57 Å². The van der Waals surface area contributed by atoms with Gasteiger partial charge < -0.3 is 30.3 Å².